The zero-order valence-electron chi connectivity index (χ0n) is 11.4. The van der Waals surface area contributed by atoms with Gasteiger partial charge in [0.1, 0.15) is 23.2 Å². The lowest BCUT2D eigenvalue weighted by molar-refractivity contribution is 0.400. The summed E-state index contributed by atoms with van der Waals surface area (Å²) >= 11 is 3.10. The van der Waals surface area contributed by atoms with Crippen molar-refractivity contribution < 1.29 is 17.9 Å². The molecule has 0 spiro atoms. The molecule has 0 aromatic heterocycles. The normalized spacial score (nSPS) is 12.3. The molecule has 0 heterocycles. The lowest BCUT2D eigenvalue weighted by atomic mass is 9.97. The van der Waals surface area contributed by atoms with Crippen molar-refractivity contribution in [1.82, 2.24) is 5.32 Å². The first-order valence-corrected chi connectivity index (χ1v) is 6.92. The predicted octanol–water partition coefficient (Wildman–Crippen LogP) is 4.18. The molecule has 0 saturated carbocycles. The van der Waals surface area contributed by atoms with Gasteiger partial charge in [0.15, 0.2) is 0 Å². The van der Waals surface area contributed by atoms with Crippen molar-refractivity contribution >= 4 is 15.9 Å². The van der Waals surface area contributed by atoms with Crippen LogP contribution in [0, 0.1) is 17.5 Å². The molecule has 1 N–H and O–H groups in total. The van der Waals surface area contributed by atoms with Crippen LogP contribution in [-0.4, -0.2) is 14.2 Å². The lowest BCUT2D eigenvalue weighted by Crippen LogP contribution is -2.20. The summed E-state index contributed by atoms with van der Waals surface area (Å²) < 4.78 is 46.0. The number of halogens is 4. The minimum Gasteiger partial charge on any atom is -0.496 e. The first kappa shape index (κ1) is 15.9. The lowest BCUT2D eigenvalue weighted by Gasteiger charge is -2.21. The maximum Gasteiger partial charge on any atom is 0.141 e. The van der Waals surface area contributed by atoms with Crippen LogP contribution in [0.25, 0.3) is 0 Å². The van der Waals surface area contributed by atoms with Crippen molar-refractivity contribution in [2.75, 3.05) is 14.2 Å². The van der Waals surface area contributed by atoms with Gasteiger partial charge in [0.25, 0.3) is 0 Å². The van der Waals surface area contributed by atoms with E-state index in [4.69, 9.17) is 4.74 Å². The molecule has 6 heteroatoms. The summed E-state index contributed by atoms with van der Waals surface area (Å²) in [6, 6.07) is 5.46. The molecule has 0 amide bonds. The van der Waals surface area contributed by atoms with Crippen molar-refractivity contribution in [3.05, 3.63) is 63.4 Å². The summed E-state index contributed by atoms with van der Waals surface area (Å²) in [6.07, 6.45) is 0. The number of benzene rings is 2. The zero-order chi connectivity index (χ0) is 15.6. The minimum atomic E-state index is -0.683. The summed E-state index contributed by atoms with van der Waals surface area (Å²) in [5.41, 5.74) is 0.787. The van der Waals surface area contributed by atoms with Crippen LogP contribution in [0.2, 0.25) is 0 Å². The molecule has 0 aliphatic carbocycles. The Morgan fingerprint density at radius 3 is 2.33 bits per heavy atom. The standard InChI is InChI=1S/C15H13BrF3NO/c1-20-15(9-4-3-8(17)5-12(9)18)10-6-11(16)13(19)7-14(10)21-2/h3-7,15,20H,1-2H3. The fraction of sp³-hybridized carbons (Fsp3) is 0.200. The highest BCUT2D eigenvalue weighted by Crippen LogP contribution is 2.34. The molecule has 0 bridgehead atoms. The van der Waals surface area contributed by atoms with Crippen molar-refractivity contribution in [3.63, 3.8) is 0 Å². The summed E-state index contributed by atoms with van der Waals surface area (Å²) in [6.45, 7) is 0. The van der Waals surface area contributed by atoms with Crippen molar-refractivity contribution in [3.8, 4) is 5.75 Å². The van der Waals surface area contributed by atoms with Gasteiger partial charge < -0.3 is 10.1 Å². The zero-order valence-corrected chi connectivity index (χ0v) is 13.0. The highest BCUT2D eigenvalue weighted by molar-refractivity contribution is 9.10. The number of hydrogen-bond acceptors (Lipinski definition) is 2. The maximum absolute atomic E-state index is 14.0. The number of rotatable bonds is 4. The number of methoxy groups -OCH3 is 1. The maximum atomic E-state index is 14.0. The van der Waals surface area contributed by atoms with Gasteiger partial charge in [-0.2, -0.15) is 0 Å². The van der Waals surface area contributed by atoms with Crippen LogP contribution in [0.3, 0.4) is 0 Å². The quantitative estimate of drug-likeness (QED) is 0.883. The highest BCUT2D eigenvalue weighted by atomic mass is 79.9. The van der Waals surface area contributed by atoms with Gasteiger partial charge in [0.2, 0.25) is 0 Å². The Balaban J connectivity index is 2.58. The summed E-state index contributed by atoms with van der Waals surface area (Å²) in [5, 5.41) is 2.93. The Bertz CT molecular complexity index is 664. The second kappa shape index (κ2) is 6.49. The molecule has 0 fully saturated rings. The monoisotopic (exact) mass is 359 g/mol. The van der Waals surface area contributed by atoms with Crippen molar-refractivity contribution in [2.45, 2.75) is 6.04 Å². The third kappa shape index (κ3) is 3.22. The van der Waals surface area contributed by atoms with E-state index in [2.05, 4.69) is 21.2 Å². The molecule has 21 heavy (non-hydrogen) atoms. The molecule has 0 saturated heterocycles. The first-order valence-electron chi connectivity index (χ1n) is 6.13. The topological polar surface area (TPSA) is 21.3 Å². The van der Waals surface area contributed by atoms with E-state index in [0.29, 0.717) is 5.56 Å². The second-order valence-electron chi connectivity index (χ2n) is 4.40. The summed E-state index contributed by atoms with van der Waals surface area (Å²) in [4.78, 5) is 0. The van der Waals surface area contributed by atoms with E-state index in [9.17, 15) is 13.2 Å². The van der Waals surface area contributed by atoms with Crippen LogP contribution >= 0.6 is 15.9 Å². The molecule has 2 aromatic rings. The summed E-state index contributed by atoms with van der Waals surface area (Å²) in [7, 11) is 3.03. The molecule has 112 valence electrons. The van der Waals surface area contributed by atoms with Crippen LogP contribution in [0.1, 0.15) is 17.2 Å². The SMILES string of the molecule is CNC(c1ccc(F)cc1F)c1cc(Br)c(F)cc1OC. The molecule has 2 nitrogen and oxygen atoms in total. The Hall–Kier alpha value is -1.53. The van der Waals surface area contributed by atoms with E-state index in [1.54, 1.807) is 7.05 Å². The predicted molar refractivity (Wildman–Crippen MR) is 77.9 cm³/mol. The Morgan fingerprint density at radius 2 is 1.76 bits per heavy atom. The van der Waals surface area contributed by atoms with Crippen molar-refractivity contribution in [1.29, 1.82) is 0 Å². The third-order valence-corrected chi connectivity index (χ3v) is 3.75. The minimum absolute atomic E-state index is 0.237. The van der Waals surface area contributed by atoms with Crippen LogP contribution in [0.15, 0.2) is 34.8 Å². The molecule has 0 aliphatic rings. The van der Waals surface area contributed by atoms with E-state index in [-0.39, 0.29) is 15.8 Å². The first-order chi connectivity index (χ1) is 9.97. The smallest absolute Gasteiger partial charge is 0.141 e. The van der Waals surface area contributed by atoms with Gasteiger partial charge in [0, 0.05) is 23.3 Å². The molecule has 0 aliphatic heterocycles. The second-order valence-corrected chi connectivity index (χ2v) is 5.25. The van der Waals surface area contributed by atoms with E-state index >= 15 is 0 Å². The van der Waals surface area contributed by atoms with Gasteiger partial charge in [-0.3, -0.25) is 0 Å². The molecule has 1 atom stereocenters. The molecule has 2 rings (SSSR count). The van der Waals surface area contributed by atoms with Gasteiger partial charge in [-0.05, 0) is 35.1 Å². The van der Waals surface area contributed by atoms with Gasteiger partial charge in [-0.25, -0.2) is 13.2 Å². The van der Waals surface area contributed by atoms with E-state index in [0.717, 1.165) is 6.07 Å². The van der Waals surface area contributed by atoms with Crippen LogP contribution in [0.4, 0.5) is 13.2 Å². The molecule has 0 radical (unpaired) electrons. The Morgan fingerprint density at radius 1 is 1.05 bits per heavy atom. The van der Waals surface area contributed by atoms with Gasteiger partial charge in [0.05, 0.1) is 17.6 Å². The number of ether oxygens (including phenoxy) is 1. The van der Waals surface area contributed by atoms with Crippen LogP contribution in [-0.2, 0) is 0 Å². The fourth-order valence-electron chi connectivity index (χ4n) is 2.16. The third-order valence-electron chi connectivity index (χ3n) is 3.15. The molecule has 2 aromatic carbocycles. The molecule has 1 unspecified atom stereocenters. The van der Waals surface area contributed by atoms with Gasteiger partial charge >= 0.3 is 0 Å². The Labute approximate surface area is 129 Å². The average molecular weight is 360 g/mol. The van der Waals surface area contributed by atoms with E-state index in [1.165, 1.54) is 31.4 Å². The Kier molecular flexibility index (Phi) is 4.90. The van der Waals surface area contributed by atoms with Crippen LogP contribution in [0.5, 0.6) is 5.75 Å². The molecular formula is C15H13BrF3NO. The van der Waals surface area contributed by atoms with Gasteiger partial charge in [-0.15, -0.1) is 0 Å². The fourth-order valence-corrected chi connectivity index (χ4v) is 2.52. The average Bonchev–Trinajstić information content (AvgIpc) is 2.45. The van der Waals surface area contributed by atoms with Crippen molar-refractivity contribution in [2.24, 2.45) is 0 Å². The largest absolute Gasteiger partial charge is 0.496 e. The highest BCUT2D eigenvalue weighted by Gasteiger charge is 2.22. The van der Waals surface area contributed by atoms with E-state index < -0.39 is 23.5 Å². The molecular weight excluding hydrogens is 347 g/mol. The summed E-state index contributed by atoms with van der Waals surface area (Å²) in [5.74, 6) is -1.54. The number of nitrogens with one attached hydrogen (secondary N) is 1. The number of hydrogen-bond donors (Lipinski definition) is 1. The van der Waals surface area contributed by atoms with Crippen LogP contribution < -0.4 is 10.1 Å². The van der Waals surface area contributed by atoms with Gasteiger partial charge in [-0.1, -0.05) is 6.07 Å². The van der Waals surface area contributed by atoms with E-state index in [1.807, 2.05) is 0 Å².